The Bertz CT molecular complexity index is 478. The molecular weight excluding hydrogens is 210 g/mol. The number of anilines is 1. The molecule has 0 saturated carbocycles. The van der Waals surface area contributed by atoms with Crippen LogP contribution in [0, 0.1) is 18.6 Å². The molecule has 0 radical (unpaired) electrons. The number of rotatable bonds is 3. The van der Waals surface area contributed by atoms with Gasteiger partial charge in [-0.25, -0.2) is 8.78 Å². The number of hydrogen-bond donors (Lipinski definition) is 2. The molecule has 0 fully saturated rings. The molecule has 2 N–H and O–H groups in total. The summed E-state index contributed by atoms with van der Waals surface area (Å²) in [4.78, 5) is 2.97. The Morgan fingerprint density at radius 2 is 2.06 bits per heavy atom. The molecule has 1 heterocycles. The number of nitrogens with one attached hydrogen (secondary N) is 2. The second-order valence-electron chi connectivity index (χ2n) is 3.63. The van der Waals surface area contributed by atoms with Crippen LogP contribution < -0.4 is 5.32 Å². The Hall–Kier alpha value is -1.84. The molecule has 2 rings (SSSR count). The number of hydrogen-bond acceptors (Lipinski definition) is 1. The average molecular weight is 222 g/mol. The second kappa shape index (κ2) is 4.35. The van der Waals surface area contributed by atoms with Crippen molar-refractivity contribution in [3.8, 4) is 0 Å². The number of H-pyrrole nitrogens is 1. The summed E-state index contributed by atoms with van der Waals surface area (Å²) in [5.74, 6) is -0.846. The van der Waals surface area contributed by atoms with Crippen molar-refractivity contribution in [3.63, 3.8) is 0 Å². The molecule has 0 bridgehead atoms. The zero-order chi connectivity index (χ0) is 11.5. The first kappa shape index (κ1) is 10.7. The summed E-state index contributed by atoms with van der Waals surface area (Å²) in [5, 5.41) is 2.84. The molecule has 4 heteroatoms. The van der Waals surface area contributed by atoms with Crippen molar-refractivity contribution in [1.29, 1.82) is 0 Å². The van der Waals surface area contributed by atoms with Gasteiger partial charge >= 0.3 is 0 Å². The van der Waals surface area contributed by atoms with Gasteiger partial charge in [-0.3, -0.25) is 0 Å². The molecule has 1 aromatic heterocycles. The Balaban J connectivity index is 2.12. The SMILES string of the molecule is Cc1cc(F)c(NCc2ccc[nH]2)cc1F. The molecule has 16 heavy (non-hydrogen) atoms. The Morgan fingerprint density at radius 3 is 2.75 bits per heavy atom. The molecule has 0 aliphatic heterocycles. The lowest BCUT2D eigenvalue weighted by Gasteiger charge is -2.07. The van der Waals surface area contributed by atoms with Gasteiger partial charge in [-0.05, 0) is 30.7 Å². The molecule has 0 spiro atoms. The number of aromatic nitrogens is 1. The summed E-state index contributed by atoms with van der Waals surface area (Å²) in [7, 11) is 0. The first-order chi connectivity index (χ1) is 7.66. The van der Waals surface area contributed by atoms with Gasteiger partial charge in [-0.1, -0.05) is 0 Å². The fourth-order valence-electron chi connectivity index (χ4n) is 1.45. The lowest BCUT2D eigenvalue weighted by atomic mass is 10.2. The Morgan fingerprint density at radius 1 is 1.25 bits per heavy atom. The molecule has 2 aromatic rings. The van der Waals surface area contributed by atoms with Crippen LogP contribution in [0.4, 0.5) is 14.5 Å². The monoisotopic (exact) mass is 222 g/mol. The van der Waals surface area contributed by atoms with Gasteiger partial charge in [0.15, 0.2) is 0 Å². The van der Waals surface area contributed by atoms with Gasteiger partial charge in [0.2, 0.25) is 0 Å². The van der Waals surface area contributed by atoms with E-state index in [4.69, 9.17) is 0 Å². The van der Waals surface area contributed by atoms with Crippen LogP contribution in [0.25, 0.3) is 0 Å². The second-order valence-corrected chi connectivity index (χ2v) is 3.63. The third-order valence-corrected chi connectivity index (χ3v) is 2.38. The molecule has 84 valence electrons. The standard InChI is InChI=1S/C12H12F2N2/c1-8-5-11(14)12(6-10(8)13)16-7-9-3-2-4-15-9/h2-6,15-16H,7H2,1H3. The van der Waals surface area contributed by atoms with E-state index in [1.54, 1.807) is 6.20 Å². The van der Waals surface area contributed by atoms with Crippen molar-refractivity contribution in [2.24, 2.45) is 0 Å². The van der Waals surface area contributed by atoms with Crippen molar-refractivity contribution in [3.05, 3.63) is 53.4 Å². The van der Waals surface area contributed by atoms with Crippen LogP contribution in [-0.4, -0.2) is 4.98 Å². The van der Waals surface area contributed by atoms with Gasteiger partial charge in [-0.2, -0.15) is 0 Å². The summed E-state index contributed by atoms with van der Waals surface area (Å²) in [6, 6.07) is 6.08. The van der Waals surface area contributed by atoms with E-state index in [1.807, 2.05) is 12.1 Å². The van der Waals surface area contributed by atoms with Crippen LogP contribution in [-0.2, 0) is 6.54 Å². The average Bonchev–Trinajstić information content (AvgIpc) is 2.74. The largest absolute Gasteiger partial charge is 0.377 e. The molecule has 2 nitrogen and oxygen atoms in total. The molecule has 0 amide bonds. The van der Waals surface area contributed by atoms with Gasteiger partial charge in [0.1, 0.15) is 11.6 Å². The molecule has 0 saturated heterocycles. The van der Waals surface area contributed by atoms with E-state index in [1.165, 1.54) is 19.1 Å². The highest BCUT2D eigenvalue weighted by atomic mass is 19.1. The molecule has 0 unspecified atom stereocenters. The number of aryl methyl sites for hydroxylation is 1. The van der Waals surface area contributed by atoms with Crippen molar-refractivity contribution in [1.82, 2.24) is 4.98 Å². The van der Waals surface area contributed by atoms with Gasteiger partial charge in [0, 0.05) is 18.0 Å². The lowest BCUT2D eigenvalue weighted by molar-refractivity contribution is 0.594. The van der Waals surface area contributed by atoms with E-state index in [-0.39, 0.29) is 5.69 Å². The van der Waals surface area contributed by atoms with E-state index < -0.39 is 11.6 Å². The zero-order valence-electron chi connectivity index (χ0n) is 8.85. The Kier molecular flexibility index (Phi) is 2.90. The first-order valence-electron chi connectivity index (χ1n) is 4.98. The summed E-state index contributed by atoms with van der Waals surface area (Å²) in [6.07, 6.45) is 1.78. The van der Waals surface area contributed by atoms with Crippen LogP contribution in [0.5, 0.6) is 0 Å². The minimum Gasteiger partial charge on any atom is -0.377 e. The van der Waals surface area contributed by atoms with E-state index in [0.29, 0.717) is 12.1 Å². The van der Waals surface area contributed by atoms with Crippen molar-refractivity contribution in [2.75, 3.05) is 5.32 Å². The van der Waals surface area contributed by atoms with Gasteiger partial charge < -0.3 is 10.3 Å². The maximum Gasteiger partial charge on any atom is 0.146 e. The number of aromatic amines is 1. The van der Waals surface area contributed by atoms with Gasteiger partial charge in [-0.15, -0.1) is 0 Å². The zero-order valence-corrected chi connectivity index (χ0v) is 8.85. The smallest absolute Gasteiger partial charge is 0.146 e. The van der Waals surface area contributed by atoms with Crippen LogP contribution in [0.2, 0.25) is 0 Å². The van der Waals surface area contributed by atoms with Crippen LogP contribution in [0.3, 0.4) is 0 Å². The van der Waals surface area contributed by atoms with Crippen LogP contribution in [0.1, 0.15) is 11.3 Å². The minimum absolute atomic E-state index is 0.178. The normalized spacial score (nSPS) is 10.4. The molecular formula is C12H12F2N2. The highest BCUT2D eigenvalue weighted by molar-refractivity contribution is 5.47. The van der Waals surface area contributed by atoms with E-state index >= 15 is 0 Å². The summed E-state index contributed by atoms with van der Waals surface area (Å²) in [5.41, 5.74) is 1.40. The Labute approximate surface area is 92.3 Å². The van der Waals surface area contributed by atoms with Gasteiger partial charge in [0.05, 0.1) is 12.2 Å². The molecule has 1 aromatic carbocycles. The highest BCUT2D eigenvalue weighted by Gasteiger charge is 2.06. The summed E-state index contributed by atoms with van der Waals surface area (Å²) < 4.78 is 26.6. The topological polar surface area (TPSA) is 27.8 Å². The van der Waals surface area contributed by atoms with Crippen molar-refractivity contribution >= 4 is 5.69 Å². The van der Waals surface area contributed by atoms with E-state index in [9.17, 15) is 8.78 Å². The third kappa shape index (κ3) is 2.21. The maximum absolute atomic E-state index is 13.4. The van der Waals surface area contributed by atoms with Crippen molar-refractivity contribution < 1.29 is 8.78 Å². The number of benzene rings is 1. The third-order valence-electron chi connectivity index (χ3n) is 2.38. The molecule has 0 aliphatic carbocycles. The fourth-order valence-corrected chi connectivity index (χ4v) is 1.45. The van der Waals surface area contributed by atoms with E-state index in [0.717, 1.165) is 5.69 Å². The maximum atomic E-state index is 13.4. The first-order valence-corrected chi connectivity index (χ1v) is 4.98. The van der Waals surface area contributed by atoms with Gasteiger partial charge in [0.25, 0.3) is 0 Å². The summed E-state index contributed by atoms with van der Waals surface area (Å²) in [6.45, 7) is 1.97. The van der Waals surface area contributed by atoms with E-state index in [2.05, 4.69) is 10.3 Å². The fraction of sp³-hybridized carbons (Fsp3) is 0.167. The predicted molar refractivity (Wildman–Crippen MR) is 59.2 cm³/mol. The predicted octanol–water partition coefficient (Wildman–Crippen LogP) is 3.21. The van der Waals surface area contributed by atoms with Crippen LogP contribution >= 0.6 is 0 Å². The lowest BCUT2D eigenvalue weighted by Crippen LogP contribution is -2.02. The summed E-state index contributed by atoms with van der Waals surface area (Å²) >= 11 is 0. The molecule has 0 aliphatic rings. The molecule has 0 atom stereocenters. The number of halogens is 2. The highest BCUT2D eigenvalue weighted by Crippen LogP contribution is 2.19. The van der Waals surface area contributed by atoms with Crippen LogP contribution in [0.15, 0.2) is 30.5 Å². The van der Waals surface area contributed by atoms with Crippen molar-refractivity contribution in [2.45, 2.75) is 13.5 Å². The quantitative estimate of drug-likeness (QED) is 0.820. The minimum atomic E-state index is -0.439.